The molecule has 1 fully saturated rings. The highest BCUT2D eigenvalue weighted by molar-refractivity contribution is 5.97. The second kappa shape index (κ2) is 10.6. The molecule has 1 aliphatic rings. The molecule has 6 nitrogen and oxygen atoms in total. The van der Waals surface area contributed by atoms with Gasteiger partial charge in [0.1, 0.15) is 12.1 Å². The number of allylic oxidation sites excluding steroid dienone is 4. The van der Waals surface area contributed by atoms with Gasteiger partial charge < -0.3 is 20.7 Å². The van der Waals surface area contributed by atoms with Crippen LogP contribution in [0.1, 0.15) is 63.9 Å². The van der Waals surface area contributed by atoms with E-state index in [-0.39, 0.29) is 23.8 Å². The van der Waals surface area contributed by atoms with Gasteiger partial charge in [0, 0.05) is 28.4 Å². The van der Waals surface area contributed by atoms with Crippen LogP contribution >= 0.6 is 0 Å². The molecule has 1 aromatic carbocycles. The van der Waals surface area contributed by atoms with Crippen LogP contribution < -0.4 is 10.6 Å². The third-order valence-electron chi connectivity index (χ3n) is 6.77. The number of nitrogens with one attached hydrogen (secondary N) is 3. The van der Waals surface area contributed by atoms with Gasteiger partial charge in [0.05, 0.1) is 6.61 Å². The molecule has 3 rings (SSSR count). The van der Waals surface area contributed by atoms with Crippen molar-refractivity contribution in [3.63, 3.8) is 0 Å². The Balaban J connectivity index is 2.22. The molecule has 0 saturated carbocycles. The maximum absolute atomic E-state index is 12.8. The fourth-order valence-electron chi connectivity index (χ4n) is 4.39. The molecule has 2 aromatic rings. The highest BCUT2D eigenvalue weighted by Gasteiger charge is 2.34. The van der Waals surface area contributed by atoms with E-state index in [0.29, 0.717) is 12.8 Å². The maximum atomic E-state index is 12.8. The van der Waals surface area contributed by atoms with E-state index in [1.54, 1.807) is 6.92 Å². The molecule has 0 spiro atoms. The van der Waals surface area contributed by atoms with E-state index < -0.39 is 12.1 Å². The molecule has 35 heavy (non-hydrogen) atoms. The van der Waals surface area contributed by atoms with Crippen molar-refractivity contribution in [2.75, 3.05) is 6.61 Å². The monoisotopic (exact) mass is 477 g/mol. The lowest BCUT2D eigenvalue weighted by Crippen LogP contribution is -2.61. The zero-order chi connectivity index (χ0) is 25.9. The second-order valence-electron chi connectivity index (χ2n) is 10.5. The molecular formula is C29H39N3O3. The fourth-order valence-corrected chi connectivity index (χ4v) is 4.39. The number of hydrogen-bond acceptors (Lipinski definition) is 3. The Bertz CT molecular complexity index is 1200. The minimum atomic E-state index is -0.640. The van der Waals surface area contributed by atoms with Crippen LogP contribution in [0, 0.1) is 0 Å². The lowest BCUT2D eigenvalue weighted by Gasteiger charge is -2.29. The summed E-state index contributed by atoms with van der Waals surface area (Å²) in [6.07, 6.45) is 8.02. The Labute approximate surface area is 208 Å². The summed E-state index contributed by atoms with van der Waals surface area (Å²) in [5, 5.41) is 16.2. The van der Waals surface area contributed by atoms with E-state index in [9.17, 15) is 14.7 Å². The third kappa shape index (κ3) is 5.93. The van der Waals surface area contributed by atoms with Crippen LogP contribution in [0.25, 0.3) is 10.9 Å². The van der Waals surface area contributed by atoms with Crippen molar-refractivity contribution in [2.45, 2.75) is 78.3 Å². The number of aromatic nitrogens is 1. The molecule has 1 aliphatic heterocycles. The number of amides is 2. The number of aromatic amines is 1. The van der Waals surface area contributed by atoms with Crippen molar-refractivity contribution in [2.24, 2.45) is 0 Å². The van der Waals surface area contributed by atoms with Crippen LogP contribution in [0.2, 0.25) is 0 Å². The van der Waals surface area contributed by atoms with E-state index >= 15 is 0 Å². The summed E-state index contributed by atoms with van der Waals surface area (Å²) >= 11 is 0. The molecule has 1 saturated heterocycles. The normalized spacial score (nSPS) is 18.9. The van der Waals surface area contributed by atoms with Crippen LogP contribution in [0.3, 0.4) is 0 Å². The lowest BCUT2D eigenvalue weighted by molar-refractivity contribution is -0.136. The van der Waals surface area contributed by atoms with Gasteiger partial charge in [-0.1, -0.05) is 49.3 Å². The number of fused-ring (bicyclic) bond motifs is 1. The number of piperazine rings is 1. The molecule has 188 valence electrons. The Morgan fingerprint density at radius 2 is 1.80 bits per heavy atom. The summed E-state index contributed by atoms with van der Waals surface area (Å²) in [7, 11) is 0. The quantitative estimate of drug-likeness (QED) is 0.409. The maximum Gasteiger partial charge on any atom is 0.243 e. The summed E-state index contributed by atoms with van der Waals surface area (Å²) in [5.74, 6) is -0.343. The molecule has 1 aromatic heterocycles. The molecule has 6 heteroatoms. The molecule has 2 amide bonds. The predicted molar refractivity (Wildman–Crippen MR) is 142 cm³/mol. The van der Waals surface area contributed by atoms with Crippen molar-refractivity contribution in [3.05, 3.63) is 70.5 Å². The van der Waals surface area contributed by atoms with Crippen LogP contribution in [0.5, 0.6) is 0 Å². The van der Waals surface area contributed by atoms with Gasteiger partial charge in [-0.2, -0.15) is 0 Å². The predicted octanol–water partition coefficient (Wildman–Crippen LogP) is 4.17. The van der Waals surface area contributed by atoms with Crippen molar-refractivity contribution >= 4 is 22.7 Å². The minimum Gasteiger partial charge on any atom is -0.392 e. The minimum absolute atomic E-state index is 0.0280. The number of aliphatic hydroxyl groups is 1. The largest absolute Gasteiger partial charge is 0.392 e. The van der Waals surface area contributed by atoms with Crippen molar-refractivity contribution in [3.8, 4) is 0 Å². The number of rotatable bonds is 9. The lowest BCUT2D eigenvalue weighted by atomic mass is 9.84. The first kappa shape index (κ1) is 26.5. The van der Waals surface area contributed by atoms with Crippen molar-refractivity contribution < 1.29 is 14.7 Å². The third-order valence-corrected chi connectivity index (χ3v) is 6.77. The zero-order valence-electron chi connectivity index (χ0n) is 21.8. The summed E-state index contributed by atoms with van der Waals surface area (Å²) in [4.78, 5) is 28.8. The highest BCUT2D eigenvalue weighted by Crippen LogP contribution is 2.36. The van der Waals surface area contributed by atoms with Crippen molar-refractivity contribution in [1.82, 2.24) is 15.6 Å². The van der Waals surface area contributed by atoms with Crippen LogP contribution in [-0.2, 0) is 34.3 Å². The van der Waals surface area contributed by atoms with Gasteiger partial charge in [0.25, 0.3) is 0 Å². The van der Waals surface area contributed by atoms with E-state index in [2.05, 4.69) is 74.2 Å². The van der Waals surface area contributed by atoms with Gasteiger partial charge in [0.2, 0.25) is 11.8 Å². The van der Waals surface area contributed by atoms with E-state index in [0.717, 1.165) is 39.7 Å². The van der Waals surface area contributed by atoms with E-state index in [1.807, 2.05) is 13.0 Å². The standard InChI is InChI=1S/C29H39N3O3/c1-8-29(6,7)26-23(15-24-28(35)30-19(5)27(34)31-24)22-14-20(11-9-17(2)3)13-21(25(22)32-26)12-10-18(4)16-33/h8-10,13-14,19,24,32-33H,1,11-12,15-16H2,2-7H3,(H,30,35)(H,31,34)/b18-10+/t19-,24-/m0/s1. The van der Waals surface area contributed by atoms with E-state index in [4.69, 9.17) is 0 Å². The first-order chi connectivity index (χ1) is 16.5. The second-order valence-corrected chi connectivity index (χ2v) is 10.5. The number of H-pyrrole nitrogens is 1. The number of benzene rings is 1. The Kier molecular flexibility index (Phi) is 8.06. The topological polar surface area (TPSA) is 94.2 Å². The molecule has 0 unspecified atom stereocenters. The van der Waals surface area contributed by atoms with Crippen LogP contribution in [0.15, 0.2) is 48.1 Å². The van der Waals surface area contributed by atoms with Gasteiger partial charge in [-0.15, -0.1) is 6.58 Å². The Morgan fingerprint density at radius 1 is 1.09 bits per heavy atom. The summed E-state index contributed by atoms with van der Waals surface area (Å²) in [5.41, 5.74) is 7.13. The van der Waals surface area contributed by atoms with Gasteiger partial charge in [0.15, 0.2) is 0 Å². The van der Waals surface area contributed by atoms with Gasteiger partial charge in [-0.25, -0.2) is 0 Å². The molecule has 4 N–H and O–H groups in total. The van der Waals surface area contributed by atoms with Gasteiger partial charge in [-0.05, 0) is 63.3 Å². The number of carbonyl (C=O) groups is 2. The zero-order valence-corrected chi connectivity index (χ0v) is 21.8. The smallest absolute Gasteiger partial charge is 0.243 e. The number of carbonyl (C=O) groups excluding carboxylic acids is 2. The molecule has 0 radical (unpaired) electrons. The average molecular weight is 478 g/mol. The average Bonchev–Trinajstić information content (AvgIpc) is 3.18. The molecule has 2 heterocycles. The highest BCUT2D eigenvalue weighted by atomic mass is 16.3. The molecule has 0 aliphatic carbocycles. The Hall–Kier alpha value is -3.12. The van der Waals surface area contributed by atoms with Crippen LogP contribution in [-0.4, -0.2) is 40.6 Å². The summed E-state index contributed by atoms with van der Waals surface area (Å²) in [6, 6.07) is 3.23. The first-order valence-electron chi connectivity index (χ1n) is 12.3. The summed E-state index contributed by atoms with van der Waals surface area (Å²) in [6.45, 7) is 16.0. The van der Waals surface area contributed by atoms with Gasteiger partial charge in [-0.3, -0.25) is 9.59 Å². The van der Waals surface area contributed by atoms with E-state index in [1.165, 1.54) is 11.1 Å². The van der Waals surface area contributed by atoms with Crippen molar-refractivity contribution in [1.29, 1.82) is 0 Å². The van der Waals surface area contributed by atoms with Crippen LogP contribution in [0.4, 0.5) is 0 Å². The SMILES string of the molecule is C=CC(C)(C)c1[nH]c2c(C/C=C(\C)CO)cc(CC=C(C)C)cc2c1C[C@@H]1NC(=O)[C@H](C)NC1=O. The molecular weight excluding hydrogens is 438 g/mol. The number of hydrogen-bond donors (Lipinski definition) is 4. The fraction of sp³-hybridized carbons (Fsp3) is 0.448. The molecule has 2 atom stereocenters. The Morgan fingerprint density at radius 3 is 2.43 bits per heavy atom. The summed E-state index contributed by atoms with van der Waals surface area (Å²) < 4.78 is 0. The van der Waals surface area contributed by atoms with Gasteiger partial charge >= 0.3 is 0 Å². The first-order valence-corrected chi connectivity index (χ1v) is 12.3. The molecule has 0 bridgehead atoms. The number of aliphatic hydroxyl groups excluding tert-OH is 1.